The number of hydrogen-bond donors (Lipinski definition) is 1. The zero-order chi connectivity index (χ0) is 22.4. The van der Waals surface area contributed by atoms with Crippen LogP contribution in [0.15, 0.2) is 60.7 Å². The van der Waals surface area contributed by atoms with E-state index in [1.165, 1.54) is 17.1 Å². The number of nitrogens with one attached hydrogen (secondary N) is 1. The molecule has 7 nitrogen and oxygen atoms in total. The molecule has 1 saturated heterocycles. The largest absolute Gasteiger partial charge is 0.496 e. The Hall–Kier alpha value is -3.96. The summed E-state index contributed by atoms with van der Waals surface area (Å²) >= 11 is 5.06. The minimum Gasteiger partial charge on any atom is -0.496 e. The summed E-state index contributed by atoms with van der Waals surface area (Å²) in [5.41, 5.74) is 1.87. The number of rotatable bonds is 7. The van der Waals surface area contributed by atoms with Gasteiger partial charge in [-0.15, -0.1) is 6.58 Å². The molecular formula is C23H19N3O4S. The van der Waals surface area contributed by atoms with Crippen LogP contribution >= 0.6 is 12.2 Å². The molecule has 1 N–H and O–H groups in total. The van der Waals surface area contributed by atoms with E-state index in [2.05, 4.69) is 18.0 Å². The lowest BCUT2D eigenvalue weighted by Gasteiger charge is -2.27. The van der Waals surface area contributed by atoms with Gasteiger partial charge < -0.3 is 9.47 Å². The summed E-state index contributed by atoms with van der Waals surface area (Å²) in [7, 11) is 1.55. The van der Waals surface area contributed by atoms with Crippen molar-refractivity contribution < 1.29 is 19.1 Å². The van der Waals surface area contributed by atoms with Crippen LogP contribution in [-0.2, 0) is 16.2 Å². The van der Waals surface area contributed by atoms with Crippen LogP contribution in [0.1, 0.15) is 16.7 Å². The van der Waals surface area contributed by atoms with Crippen LogP contribution < -0.4 is 14.8 Å². The van der Waals surface area contributed by atoms with Crippen LogP contribution in [0, 0.1) is 11.3 Å². The third kappa shape index (κ3) is 4.97. The van der Waals surface area contributed by atoms with Gasteiger partial charge in [-0.25, -0.2) is 0 Å². The maximum absolute atomic E-state index is 12.7. The van der Waals surface area contributed by atoms with Gasteiger partial charge in [-0.1, -0.05) is 12.1 Å². The Balaban J connectivity index is 1.85. The van der Waals surface area contributed by atoms with E-state index in [0.29, 0.717) is 22.6 Å². The van der Waals surface area contributed by atoms with Crippen LogP contribution in [0.4, 0.5) is 0 Å². The summed E-state index contributed by atoms with van der Waals surface area (Å²) in [6, 6.07) is 14.1. The van der Waals surface area contributed by atoms with Crippen LogP contribution in [0.2, 0.25) is 0 Å². The highest BCUT2D eigenvalue weighted by Crippen LogP contribution is 2.24. The van der Waals surface area contributed by atoms with E-state index in [0.717, 1.165) is 5.56 Å². The van der Waals surface area contributed by atoms with Crippen molar-refractivity contribution in [1.29, 1.82) is 5.26 Å². The first-order valence-corrected chi connectivity index (χ1v) is 9.67. The van der Waals surface area contributed by atoms with Crippen molar-refractivity contribution in [2.75, 3.05) is 13.7 Å². The van der Waals surface area contributed by atoms with Crippen molar-refractivity contribution in [2.24, 2.45) is 0 Å². The highest BCUT2D eigenvalue weighted by molar-refractivity contribution is 7.80. The highest BCUT2D eigenvalue weighted by Gasteiger charge is 2.32. The van der Waals surface area contributed by atoms with Gasteiger partial charge in [0.25, 0.3) is 11.8 Å². The van der Waals surface area contributed by atoms with E-state index in [-0.39, 0.29) is 23.8 Å². The molecule has 1 heterocycles. The second kappa shape index (κ2) is 9.69. The summed E-state index contributed by atoms with van der Waals surface area (Å²) in [5.74, 6) is 0.159. The first-order valence-electron chi connectivity index (χ1n) is 9.26. The first kappa shape index (κ1) is 21.7. The molecule has 31 heavy (non-hydrogen) atoms. The van der Waals surface area contributed by atoms with Gasteiger partial charge in [0.2, 0.25) is 0 Å². The molecule has 0 atom stereocenters. The van der Waals surface area contributed by atoms with E-state index in [9.17, 15) is 9.59 Å². The fraction of sp³-hybridized carbons (Fsp3) is 0.130. The SMILES string of the molecule is C=CCN1C(=O)/C(=C\c2ccc(OC)c(COc3ccc(C#N)cc3)c2)C(=O)NC1=S. The lowest BCUT2D eigenvalue weighted by atomic mass is 10.0. The molecule has 1 aliphatic rings. The predicted molar refractivity (Wildman–Crippen MR) is 119 cm³/mol. The molecule has 8 heteroatoms. The number of hydrogen-bond acceptors (Lipinski definition) is 6. The van der Waals surface area contributed by atoms with Gasteiger partial charge >= 0.3 is 0 Å². The Kier molecular flexibility index (Phi) is 6.80. The molecule has 0 aromatic heterocycles. The number of carbonyl (C=O) groups is 2. The van der Waals surface area contributed by atoms with Crippen molar-refractivity contribution in [3.05, 3.63) is 77.4 Å². The molecule has 2 aromatic carbocycles. The normalized spacial score (nSPS) is 14.8. The van der Waals surface area contributed by atoms with Gasteiger partial charge in [-0.2, -0.15) is 5.26 Å². The van der Waals surface area contributed by atoms with E-state index >= 15 is 0 Å². The van der Waals surface area contributed by atoms with Crippen molar-refractivity contribution in [3.63, 3.8) is 0 Å². The number of methoxy groups -OCH3 is 1. The smallest absolute Gasteiger partial charge is 0.265 e. The van der Waals surface area contributed by atoms with Crippen LogP contribution in [0.5, 0.6) is 11.5 Å². The quantitative estimate of drug-likeness (QED) is 0.312. The Morgan fingerprint density at radius 1 is 1.23 bits per heavy atom. The van der Waals surface area contributed by atoms with Crippen LogP contribution in [-0.4, -0.2) is 35.5 Å². The van der Waals surface area contributed by atoms with Gasteiger partial charge in [0, 0.05) is 12.1 Å². The molecule has 0 bridgehead atoms. The Morgan fingerprint density at radius 3 is 2.61 bits per heavy atom. The van der Waals surface area contributed by atoms with Gasteiger partial charge in [-0.05, 0) is 60.3 Å². The minimum absolute atomic E-state index is 0.0282. The number of nitriles is 1. The van der Waals surface area contributed by atoms with Crippen molar-refractivity contribution in [1.82, 2.24) is 10.2 Å². The zero-order valence-electron chi connectivity index (χ0n) is 16.8. The number of benzene rings is 2. The molecule has 156 valence electrons. The molecule has 2 aromatic rings. The summed E-state index contributed by atoms with van der Waals surface area (Å²) < 4.78 is 11.2. The third-order valence-corrected chi connectivity index (χ3v) is 4.81. The molecule has 0 aliphatic carbocycles. The van der Waals surface area contributed by atoms with Crippen molar-refractivity contribution in [2.45, 2.75) is 6.61 Å². The van der Waals surface area contributed by atoms with Crippen molar-refractivity contribution >= 4 is 35.2 Å². The first-order chi connectivity index (χ1) is 15.0. The average Bonchev–Trinajstić information content (AvgIpc) is 2.78. The maximum atomic E-state index is 12.7. The average molecular weight is 433 g/mol. The van der Waals surface area contributed by atoms with Gasteiger partial charge in [0.1, 0.15) is 23.7 Å². The molecule has 1 aliphatic heterocycles. The molecule has 3 rings (SSSR count). The molecule has 1 fully saturated rings. The number of carbonyl (C=O) groups excluding carboxylic acids is 2. The second-order valence-electron chi connectivity index (χ2n) is 6.52. The molecular weight excluding hydrogens is 414 g/mol. The van der Waals surface area contributed by atoms with E-state index in [4.69, 9.17) is 27.0 Å². The van der Waals surface area contributed by atoms with Gasteiger partial charge in [0.05, 0.1) is 18.7 Å². The second-order valence-corrected chi connectivity index (χ2v) is 6.90. The van der Waals surface area contributed by atoms with Gasteiger partial charge in [-0.3, -0.25) is 19.8 Å². The Labute approximate surface area is 185 Å². The molecule has 0 saturated carbocycles. The predicted octanol–water partition coefficient (Wildman–Crippen LogP) is 2.96. The van der Waals surface area contributed by atoms with Crippen LogP contribution in [0.3, 0.4) is 0 Å². The number of thiocarbonyl (C=S) groups is 1. The van der Waals surface area contributed by atoms with Crippen LogP contribution in [0.25, 0.3) is 6.08 Å². The fourth-order valence-electron chi connectivity index (χ4n) is 2.94. The summed E-state index contributed by atoms with van der Waals surface area (Å²) in [4.78, 5) is 26.3. The zero-order valence-corrected chi connectivity index (χ0v) is 17.6. The van der Waals surface area contributed by atoms with E-state index in [1.807, 2.05) is 0 Å². The maximum Gasteiger partial charge on any atom is 0.265 e. The van der Waals surface area contributed by atoms with E-state index < -0.39 is 11.8 Å². The topological polar surface area (TPSA) is 91.7 Å². The number of amides is 2. The lowest BCUT2D eigenvalue weighted by molar-refractivity contribution is -0.128. The molecule has 0 radical (unpaired) electrons. The minimum atomic E-state index is -0.554. The van der Waals surface area contributed by atoms with E-state index in [1.54, 1.807) is 49.6 Å². The van der Waals surface area contributed by atoms with Gasteiger partial charge in [0.15, 0.2) is 5.11 Å². The molecule has 2 amide bonds. The Bertz CT molecular complexity index is 1120. The number of nitrogens with zero attached hydrogens (tertiary/aromatic N) is 2. The number of ether oxygens (including phenoxy) is 2. The highest BCUT2D eigenvalue weighted by atomic mass is 32.1. The third-order valence-electron chi connectivity index (χ3n) is 4.49. The van der Waals surface area contributed by atoms with Crippen molar-refractivity contribution in [3.8, 4) is 17.6 Å². The Morgan fingerprint density at radius 2 is 1.97 bits per heavy atom. The fourth-order valence-corrected chi connectivity index (χ4v) is 3.19. The summed E-state index contributed by atoms with van der Waals surface area (Å²) in [5, 5.41) is 11.5. The lowest BCUT2D eigenvalue weighted by Crippen LogP contribution is -2.53. The molecule has 0 unspecified atom stereocenters. The summed E-state index contributed by atoms with van der Waals surface area (Å²) in [6.07, 6.45) is 3.03. The monoisotopic (exact) mass is 433 g/mol. The summed E-state index contributed by atoms with van der Waals surface area (Å²) in [6.45, 7) is 4.00. The standard InChI is InChI=1S/C23H19N3O4S/c1-3-10-26-22(28)19(21(27)25-23(26)31)12-16-6-9-20(29-2)17(11-16)14-30-18-7-4-15(13-24)5-8-18/h3-9,11-12H,1,10,14H2,2H3,(H,25,27,31)/b19-12-. The molecule has 0 spiro atoms.